The summed E-state index contributed by atoms with van der Waals surface area (Å²) >= 11 is 0. The lowest BCUT2D eigenvalue weighted by Gasteiger charge is -2.12. The highest BCUT2D eigenvalue weighted by Crippen LogP contribution is 2.26. The molecular weight excluding hydrogens is 234 g/mol. The second-order valence-corrected chi connectivity index (χ2v) is 4.62. The van der Waals surface area contributed by atoms with Gasteiger partial charge >= 0.3 is 0 Å². The summed E-state index contributed by atoms with van der Waals surface area (Å²) in [6.45, 7) is 6.32. The van der Waals surface area contributed by atoms with Crippen LogP contribution in [-0.4, -0.2) is 17.0 Å². The Labute approximate surface area is 115 Å². The van der Waals surface area contributed by atoms with Crippen molar-refractivity contribution in [2.75, 3.05) is 12.4 Å². The molecule has 19 heavy (non-hydrogen) atoms. The first kappa shape index (κ1) is 13.5. The van der Waals surface area contributed by atoms with Crippen LogP contribution in [0.15, 0.2) is 24.3 Å². The first-order chi connectivity index (χ1) is 9.19. The minimum absolute atomic E-state index is 0.843. The van der Waals surface area contributed by atoms with Crippen molar-refractivity contribution in [1.29, 1.82) is 0 Å². The minimum Gasteiger partial charge on any atom is -0.373 e. The van der Waals surface area contributed by atoms with E-state index in [9.17, 15) is 0 Å². The van der Waals surface area contributed by atoms with Gasteiger partial charge in [0.05, 0.1) is 5.69 Å². The van der Waals surface area contributed by atoms with Gasteiger partial charge in [0.25, 0.3) is 0 Å². The van der Waals surface area contributed by atoms with Crippen LogP contribution < -0.4 is 5.32 Å². The average molecular weight is 255 g/mol. The summed E-state index contributed by atoms with van der Waals surface area (Å²) in [7, 11) is 1.90. The molecule has 0 amide bonds. The summed E-state index contributed by atoms with van der Waals surface area (Å²) < 4.78 is 0. The first-order valence-electron chi connectivity index (χ1n) is 6.84. The van der Waals surface area contributed by atoms with E-state index >= 15 is 0 Å². The summed E-state index contributed by atoms with van der Waals surface area (Å²) in [5.41, 5.74) is 4.64. The van der Waals surface area contributed by atoms with Crippen molar-refractivity contribution in [1.82, 2.24) is 9.97 Å². The van der Waals surface area contributed by atoms with E-state index in [0.29, 0.717) is 0 Å². The Morgan fingerprint density at radius 3 is 2.53 bits per heavy atom. The summed E-state index contributed by atoms with van der Waals surface area (Å²) in [6, 6.07) is 8.59. The third kappa shape index (κ3) is 2.75. The molecule has 1 aromatic carbocycles. The van der Waals surface area contributed by atoms with Gasteiger partial charge in [0.2, 0.25) is 0 Å². The lowest BCUT2D eigenvalue weighted by molar-refractivity contribution is 0.935. The smallest absolute Gasteiger partial charge is 0.132 e. The number of hydrogen-bond acceptors (Lipinski definition) is 3. The van der Waals surface area contributed by atoms with Gasteiger partial charge in [-0.15, -0.1) is 0 Å². The zero-order valence-electron chi connectivity index (χ0n) is 12.1. The molecule has 3 nitrogen and oxygen atoms in total. The van der Waals surface area contributed by atoms with Crippen LogP contribution in [0.3, 0.4) is 0 Å². The van der Waals surface area contributed by atoms with Crippen molar-refractivity contribution in [2.24, 2.45) is 0 Å². The van der Waals surface area contributed by atoms with Gasteiger partial charge in [-0.05, 0) is 25.0 Å². The number of aromatic nitrogens is 2. The van der Waals surface area contributed by atoms with Crippen LogP contribution in [0.4, 0.5) is 5.82 Å². The first-order valence-corrected chi connectivity index (χ1v) is 6.84. The fraction of sp³-hybridized carbons (Fsp3) is 0.375. The number of nitrogens with zero attached hydrogens (tertiary/aromatic N) is 2. The van der Waals surface area contributed by atoms with E-state index in [1.165, 1.54) is 11.1 Å². The zero-order valence-corrected chi connectivity index (χ0v) is 12.1. The van der Waals surface area contributed by atoms with Gasteiger partial charge in [-0.3, -0.25) is 0 Å². The van der Waals surface area contributed by atoms with Gasteiger partial charge in [-0.1, -0.05) is 32.0 Å². The molecule has 0 aliphatic heterocycles. The molecule has 0 saturated carbocycles. The summed E-state index contributed by atoms with van der Waals surface area (Å²) in [6.07, 6.45) is 1.88. The van der Waals surface area contributed by atoms with Crippen LogP contribution in [0, 0.1) is 6.92 Å². The predicted octanol–water partition coefficient (Wildman–Crippen LogP) is 3.62. The second kappa shape index (κ2) is 5.83. The van der Waals surface area contributed by atoms with Gasteiger partial charge in [-0.2, -0.15) is 0 Å². The Balaban J connectivity index is 2.59. The molecule has 2 rings (SSSR count). The number of benzene rings is 1. The summed E-state index contributed by atoms with van der Waals surface area (Å²) in [5, 5.41) is 3.16. The molecule has 0 fully saturated rings. The van der Waals surface area contributed by atoms with Crippen molar-refractivity contribution < 1.29 is 0 Å². The molecule has 100 valence electrons. The molecule has 0 saturated heterocycles. The normalized spacial score (nSPS) is 10.5. The van der Waals surface area contributed by atoms with Crippen molar-refractivity contribution in [2.45, 2.75) is 33.6 Å². The third-order valence-corrected chi connectivity index (χ3v) is 3.35. The fourth-order valence-corrected chi connectivity index (χ4v) is 2.18. The molecule has 0 aliphatic rings. The van der Waals surface area contributed by atoms with Crippen molar-refractivity contribution in [3.63, 3.8) is 0 Å². The van der Waals surface area contributed by atoms with Crippen molar-refractivity contribution >= 4 is 5.82 Å². The minimum atomic E-state index is 0.843. The second-order valence-electron chi connectivity index (χ2n) is 4.62. The van der Waals surface area contributed by atoms with Crippen molar-refractivity contribution in [3.8, 4) is 11.3 Å². The molecule has 1 heterocycles. The van der Waals surface area contributed by atoms with E-state index in [4.69, 9.17) is 4.98 Å². The van der Waals surface area contributed by atoms with Crippen LogP contribution >= 0.6 is 0 Å². The molecular formula is C16H21N3. The van der Waals surface area contributed by atoms with E-state index < -0.39 is 0 Å². The Kier molecular flexibility index (Phi) is 4.15. The van der Waals surface area contributed by atoms with Gasteiger partial charge in [0.15, 0.2) is 0 Å². The highest BCUT2D eigenvalue weighted by atomic mass is 15.0. The summed E-state index contributed by atoms with van der Waals surface area (Å²) in [5.74, 6) is 1.80. The molecule has 1 N–H and O–H groups in total. The summed E-state index contributed by atoms with van der Waals surface area (Å²) in [4.78, 5) is 9.21. The number of aryl methyl sites for hydroxylation is 2. The third-order valence-electron chi connectivity index (χ3n) is 3.35. The fourth-order valence-electron chi connectivity index (χ4n) is 2.18. The lowest BCUT2D eigenvalue weighted by Crippen LogP contribution is -2.04. The van der Waals surface area contributed by atoms with Gasteiger partial charge in [0.1, 0.15) is 11.6 Å². The zero-order chi connectivity index (χ0) is 13.8. The quantitative estimate of drug-likeness (QED) is 0.906. The molecule has 0 atom stereocenters. The van der Waals surface area contributed by atoms with E-state index in [2.05, 4.69) is 55.3 Å². The number of hydrogen-bond donors (Lipinski definition) is 1. The SMILES string of the molecule is CCc1cccc(-c2nc(CC)nc(NC)c2C)c1. The Bertz CT molecular complexity index is 576. The van der Waals surface area contributed by atoms with Crippen LogP contribution in [-0.2, 0) is 12.8 Å². The molecule has 2 aromatic rings. The van der Waals surface area contributed by atoms with Crippen LogP contribution in [0.25, 0.3) is 11.3 Å². The van der Waals surface area contributed by atoms with Crippen LogP contribution in [0.2, 0.25) is 0 Å². The van der Waals surface area contributed by atoms with Crippen LogP contribution in [0.5, 0.6) is 0 Å². The number of nitrogens with one attached hydrogen (secondary N) is 1. The van der Waals surface area contributed by atoms with E-state index in [1.807, 2.05) is 7.05 Å². The maximum atomic E-state index is 4.69. The largest absolute Gasteiger partial charge is 0.373 e. The molecule has 0 unspecified atom stereocenters. The Morgan fingerprint density at radius 2 is 1.89 bits per heavy atom. The molecule has 0 bridgehead atoms. The van der Waals surface area contributed by atoms with Crippen molar-refractivity contribution in [3.05, 3.63) is 41.2 Å². The maximum Gasteiger partial charge on any atom is 0.132 e. The number of rotatable bonds is 4. The van der Waals surface area contributed by atoms with Crippen LogP contribution in [0.1, 0.15) is 30.8 Å². The highest BCUT2D eigenvalue weighted by molar-refractivity contribution is 5.68. The van der Waals surface area contributed by atoms with E-state index in [-0.39, 0.29) is 0 Å². The van der Waals surface area contributed by atoms with Gasteiger partial charge in [0, 0.05) is 24.6 Å². The van der Waals surface area contributed by atoms with Gasteiger partial charge in [-0.25, -0.2) is 9.97 Å². The van der Waals surface area contributed by atoms with Gasteiger partial charge < -0.3 is 5.32 Å². The molecule has 3 heteroatoms. The molecule has 0 radical (unpaired) electrons. The molecule has 0 aliphatic carbocycles. The lowest BCUT2D eigenvalue weighted by atomic mass is 10.0. The van der Waals surface area contributed by atoms with E-state index in [1.54, 1.807) is 0 Å². The highest BCUT2D eigenvalue weighted by Gasteiger charge is 2.11. The predicted molar refractivity (Wildman–Crippen MR) is 80.5 cm³/mol. The standard InChI is InChI=1S/C16H21N3/c1-5-12-8-7-9-13(10-12)15-11(3)16(17-4)19-14(6-2)18-15/h7-10H,5-6H2,1-4H3,(H,17,18,19). The topological polar surface area (TPSA) is 37.8 Å². The monoisotopic (exact) mass is 255 g/mol. The number of anilines is 1. The van der Waals surface area contributed by atoms with E-state index in [0.717, 1.165) is 35.7 Å². The molecule has 1 aromatic heterocycles. The average Bonchev–Trinajstić information content (AvgIpc) is 2.47. The maximum absolute atomic E-state index is 4.69. The molecule has 0 spiro atoms. The Morgan fingerprint density at radius 1 is 1.11 bits per heavy atom. The Hall–Kier alpha value is -1.90.